The Bertz CT molecular complexity index is 1000. The van der Waals surface area contributed by atoms with Gasteiger partial charge in [-0.05, 0) is 36.8 Å². The first-order valence-corrected chi connectivity index (χ1v) is 9.26. The molecule has 150 valence electrons. The van der Waals surface area contributed by atoms with E-state index in [-0.39, 0.29) is 18.9 Å². The van der Waals surface area contributed by atoms with Crippen LogP contribution in [0.25, 0.3) is 0 Å². The van der Waals surface area contributed by atoms with Crippen molar-refractivity contribution in [2.45, 2.75) is 13.3 Å². The molecule has 0 aromatic heterocycles. The van der Waals surface area contributed by atoms with Gasteiger partial charge in [-0.1, -0.05) is 29.8 Å². The summed E-state index contributed by atoms with van der Waals surface area (Å²) >= 11 is 6.10. The zero-order valence-corrected chi connectivity index (χ0v) is 16.7. The highest BCUT2D eigenvalue weighted by Crippen LogP contribution is 2.30. The van der Waals surface area contributed by atoms with Gasteiger partial charge in [0, 0.05) is 22.5 Å². The number of hydrogen-bond acceptors (Lipinski definition) is 5. The van der Waals surface area contributed by atoms with Crippen molar-refractivity contribution in [1.29, 1.82) is 0 Å². The maximum absolute atomic E-state index is 12.8. The minimum Gasteiger partial charge on any atom is -0.469 e. The molecule has 1 aliphatic rings. The third-order valence-electron chi connectivity index (χ3n) is 4.37. The highest BCUT2D eigenvalue weighted by molar-refractivity contribution is 6.31. The van der Waals surface area contributed by atoms with Crippen LogP contribution in [-0.2, 0) is 19.1 Å². The number of para-hydroxylation sites is 2. The fourth-order valence-electron chi connectivity index (χ4n) is 2.87. The quantitative estimate of drug-likeness (QED) is 0.732. The van der Waals surface area contributed by atoms with Gasteiger partial charge in [0.25, 0.3) is 5.91 Å². The van der Waals surface area contributed by atoms with E-state index < -0.39 is 11.9 Å². The number of methoxy groups -OCH3 is 1. The molecule has 7 nitrogen and oxygen atoms in total. The van der Waals surface area contributed by atoms with Crippen molar-refractivity contribution < 1.29 is 19.1 Å². The summed E-state index contributed by atoms with van der Waals surface area (Å²) in [5, 5.41) is 6.36. The second-order valence-electron chi connectivity index (χ2n) is 6.50. The normalized spacial score (nSPS) is 13.0. The smallest absolute Gasteiger partial charge is 0.311 e. The van der Waals surface area contributed by atoms with E-state index in [4.69, 9.17) is 11.6 Å². The fourth-order valence-corrected chi connectivity index (χ4v) is 3.05. The Morgan fingerprint density at radius 3 is 2.69 bits per heavy atom. The first-order chi connectivity index (χ1) is 13.9. The lowest BCUT2D eigenvalue weighted by Gasteiger charge is -2.21. The summed E-state index contributed by atoms with van der Waals surface area (Å²) in [7, 11) is 1.28. The molecular formula is C21H20ClN3O4. The first-order valence-electron chi connectivity index (χ1n) is 8.88. The second-order valence-corrected chi connectivity index (χ2v) is 6.91. The SMILES string of the molecule is COC(=O)CC1=CC(=O)N(CC(=O)Nc2ccc(C)c(Cl)c2)c2ccccc2N1. The number of ether oxygens (including phenoxy) is 1. The standard InChI is InChI=1S/C21H20ClN3O4/c1-13-7-8-14(9-16(13)22)24-19(26)12-25-18-6-4-3-5-17(18)23-15(10-20(25)27)11-21(28)29-2/h3-10,23H,11-12H2,1-2H3,(H,24,26). The predicted molar refractivity (Wildman–Crippen MR) is 112 cm³/mol. The Morgan fingerprint density at radius 1 is 1.21 bits per heavy atom. The van der Waals surface area contributed by atoms with Crippen LogP contribution >= 0.6 is 11.6 Å². The van der Waals surface area contributed by atoms with Gasteiger partial charge in [0.2, 0.25) is 5.91 Å². The van der Waals surface area contributed by atoms with Crippen LogP contribution in [0.5, 0.6) is 0 Å². The molecule has 0 atom stereocenters. The minimum absolute atomic E-state index is 0.0848. The number of carbonyl (C=O) groups is 3. The molecule has 3 rings (SSSR count). The van der Waals surface area contributed by atoms with E-state index in [9.17, 15) is 14.4 Å². The van der Waals surface area contributed by atoms with E-state index in [1.54, 1.807) is 42.5 Å². The number of fused-ring (bicyclic) bond motifs is 1. The van der Waals surface area contributed by atoms with Crippen LogP contribution in [-0.4, -0.2) is 31.4 Å². The van der Waals surface area contributed by atoms with Gasteiger partial charge in [-0.3, -0.25) is 19.3 Å². The largest absolute Gasteiger partial charge is 0.469 e. The first kappa shape index (κ1) is 20.4. The van der Waals surface area contributed by atoms with Crippen molar-refractivity contribution in [3.8, 4) is 0 Å². The number of halogens is 1. The van der Waals surface area contributed by atoms with Crippen molar-refractivity contribution in [3.63, 3.8) is 0 Å². The van der Waals surface area contributed by atoms with Crippen LogP contribution in [0.1, 0.15) is 12.0 Å². The molecule has 0 radical (unpaired) electrons. The Balaban J connectivity index is 1.83. The Morgan fingerprint density at radius 2 is 1.97 bits per heavy atom. The number of nitrogens with one attached hydrogen (secondary N) is 2. The molecule has 2 amide bonds. The zero-order chi connectivity index (χ0) is 21.0. The number of anilines is 3. The lowest BCUT2D eigenvalue weighted by atomic mass is 10.2. The molecule has 0 fully saturated rings. The summed E-state index contributed by atoms with van der Waals surface area (Å²) in [6, 6.07) is 12.3. The van der Waals surface area contributed by atoms with Gasteiger partial charge in [-0.2, -0.15) is 0 Å². The van der Waals surface area contributed by atoms with Crippen LogP contribution in [0, 0.1) is 6.92 Å². The van der Waals surface area contributed by atoms with Gasteiger partial charge in [0.05, 0.1) is 24.9 Å². The Labute approximate surface area is 173 Å². The van der Waals surface area contributed by atoms with Crippen LogP contribution in [0.15, 0.2) is 54.2 Å². The number of rotatable bonds is 5. The molecule has 1 heterocycles. The molecule has 2 N–H and O–H groups in total. The Hall–Kier alpha value is -3.32. The lowest BCUT2D eigenvalue weighted by molar-refractivity contribution is -0.139. The van der Waals surface area contributed by atoms with Crippen molar-refractivity contribution in [2.24, 2.45) is 0 Å². The van der Waals surface area contributed by atoms with Crippen molar-refractivity contribution in [2.75, 3.05) is 29.2 Å². The summed E-state index contributed by atoms with van der Waals surface area (Å²) in [5.74, 6) is -1.27. The van der Waals surface area contributed by atoms with Crippen LogP contribution in [0.2, 0.25) is 5.02 Å². The molecule has 0 unspecified atom stereocenters. The van der Waals surface area contributed by atoms with Gasteiger partial charge in [-0.25, -0.2) is 0 Å². The maximum Gasteiger partial charge on any atom is 0.311 e. The predicted octanol–water partition coefficient (Wildman–Crippen LogP) is 3.49. The van der Waals surface area contributed by atoms with Gasteiger partial charge in [0.1, 0.15) is 6.54 Å². The van der Waals surface area contributed by atoms with Crippen LogP contribution in [0.4, 0.5) is 17.1 Å². The lowest BCUT2D eigenvalue weighted by Crippen LogP contribution is -2.37. The number of amides is 2. The average Bonchev–Trinajstić information content (AvgIpc) is 2.81. The van der Waals surface area contributed by atoms with E-state index in [0.717, 1.165) is 5.56 Å². The van der Waals surface area contributed by atoms with E-state index >= 15 is 0 Å². The van der Waals surface area contributed by atoms with Crippen LogP contribution in [0.3, 0.4) is 0 Å². The molecule has 2 aromatic carbocycles. The van der Waals surface area contributed by atoms with Crippen molar-refractivity contribution in [1.82, 2.24) is 0 Å². The van der Waals surface area contributed by atoms with E-state index in [1.807, 2.05) is 6.92 Å². The fraction of sp³-hybridized carbons (Fsp3) is 0.190. The van der Waals surface area contributed by atoms with Gasteiger partial charge >= 0.3 is 5.97 Å². The zero-order valence-electron chi connectivity index (χ0n) is 16.0. The van der Waals surface area contributed by atoms with E-state index in [2.05, 4.69) is 15.4 Å². The highest BCUT2D eigenvalue weighted by Gasteiger charge is 2.25. The average molecular weight is 414 g/mol. The molecule has 29 heavy (non-hydrogen) atoms. The van der Waals surface area contributed by atoms with E-state index in [0.29, 0.717) is 27.8 Å². The van der Waals surface area contributed by atoms with Gasteiger partial charge in [0.15, 0.2) is 0 Å². The van der Waals surface area contributed by atoms with Crippen LogP contribution < -0.4 is 15.5 Å². The molecule has 2 aromatic rings. The third kappa shape index (κ3) is 4.94. The topological polar surface area (TPSA) is 87.7 Å². The Kier molecular flexibility index (Phi) is 6.19. The summed E-state index contributed by atoms with van der Waals surface area (Å²) in [5.41, 5.74) is 2.98. The summed E-state index contributed by atoms with van der Waals surface area (Å²) in [6.45, 7) is 1.66. The van der Waals surface area contributed by atoms with Gasteiger partial charge < -0.3 is 15.4 Å². The molecule has 0 saturated heterocycles. The molecule has 8 heteroatoms. The number of aryl methyl sites for hydroxylation is 1. The molecule has 0 aliphatic carbocycles. The summed E-state index contributed by atoms with van der Waals surface area (Å²) < 4.78 is 4.67. The third-order valence-corrected chi connectivity index (χ3v) is 4.78. The molecule has 1 aliphatic heterocycles. The molecule has 0 bridgehead atoms. The number of nitrogens with zero attached hydrogens (tertiary/aromatic N) is 1. The van der Waals surface area contributed by atoms with E-state index in [1.165, 1.54) is 18.1 Å². The monoisotopic (exact) mass is 413 g/mol. The van der Waals surface area contributed by atoms with Gasteiger partial charge in [-0.15, -0.1) is 0 Å². The summed E-state index contributed by atoms with van der Waals surface area (Å²) in [4.78, 5) is 38.4. The number of benzene rings is 2. The molecular weight excluding hydrogens is 394 g/mol. The number of carbonyl (C=O) groups excluding carboxylic acids is 3. The van der Waals surface area contributed by atoms with Crippen molar-refractivity contribution >= 4 is 46.4 Å². The summed E-state index contributed by atoms with van der Waals surface area (Å²) in [6.07, 6.45) is 1.21. The molecule has 0 saturated carbocycles. The number of esters is 1. The minimum atomic E-state index is -0.475. The highest BCUT2D eigenvalue weighted by atomic mass is 35.5. The second kappa shape index (κ2) is 8.79. The maximum atomic E-state index is 12.8. The van der Waals surface area contributed by atoms with Crippen molar-refractivity contribution in [3.05, 3.63) is 64.8 Å². The molecule has 0 spiro atoms. The number of hydrogen-bond donors (Lipinski definition) is 2.